The zero-order valence-corrected chi connectivity index (χ0v) is 16.4. The number of amides is 1. The molecule has 25 heavy (non-hydrogen) atoms. The number of carbonyl (C=O) groups excluding carboxylic acids is 1. The summed E-state index contributed by atoms with van der Waals surface area (Å²) < 4.78 is 0. The zero-order valence-electron chi connectivity index (χ0n) is 16.4. The number of benzene rings is 1. The molecule has 0 bridgehead atoms. The van der Waals surface area contributed by atoms with Gasteiger partial charge in [0.1, 0.15) is 0 Å². The van der Waals surface area contributed by atoms with Crippen LogP contribution in [0.4, 0.5) is 5.69 Å². The molecule has 1 rings (SSSR count). The number of rotatable bonds is 8. The van der Waals surface area contributed by atoms with E-state index in [1.165, 1.54) is 0 Å². The molecule has 0 saturated heterocycles. The summed E-state index contributed by atoms with van der Waals surface area (Å²) in [5.74, 6) is 1.32. The van der Waals surface area contributed by atoms with Gasteiger partial charge in [0.25, 0.3) is 0 Å². The summed E-state index contributed by atoms with van der Waals surface area (Å²) in [4.78, 5) is 18.4. The maximum absolute atomic E-state index is 11.9. The summed E-state index contributed by atoms with van der Waals surface area (Å²) in [6.45, 7) is 10.3. The predicted molar refractivity (Wildman–Crippen MR) is 106 cm³/mol. The van der Waals surface area contributed by atoms with E-state index in [0.29, 0.717) is 25.0 Å². The summed E-state index contributed by atoms with van der Waals surface area (Å²) in [5, 5.41) is 9.60. The van der Waals surface area contributed by atoms with Crippen molar-refractivity contribution < 1.29 is 4.79 Å². The van der Waals surface area contributed by atoms with Crippen LogP contribution in [0, 0.1) is 5.92 Å². The zero-order chi connectivity index (χ0) is 18.8. The molecular weight excluding hydrogens is 314 g/mol. The Kier molecular flexibility index (Phi) is 8.99. The minimum atomic E-state index is -0.0218. The van der Waals surface area contributed by atoms with E-state index in [1.807, 2.05) is 43.3 Å². The summed E-state index contributed by atoms with van der Waals surface area (Å²) in [7, 11) is 3.75. The topological polar surface area (TPSA) is 68.8 Å². The average molecular weight is 348 g/mol. The van der Waals surface area contributed by atoms with Gasteiger partial charge in [0.15, 0.2) is 5.96 Å². The van der Waals surface area contributed by atoms with Gasteiger partial charge in [-0.1, -0.05) is 26.0 Å². The fraction of sp³-hybridized carbons (Fsp3) is 0.579. The first-order valence-electron chi connectivity index (χ1n) is 8.90. The Morgan fingerprint density at radius 2 is 1.96 bits per heavy atom. The van der Waals surface area contributed by atoms with Crippen molar-refractivity contribution in [2.24, 2.45) is 10.9 Å². The van der Waals surface area contributed by atoms with Crippen LogP contribution in [0.1, 0.15) is 33.3 Å². The Balaban J connectivity index is 2.73. The number of hydrogen-bond donors (Lipinski definition) is 3. The van der Waals surface area contributed by atoms with Gasteiger partial charge in [-0.05, 0) is 51.6 Å². The molecule has 0 aromatic heterocycles. The number of hydrogen-bond acceptors (Lipinski definition) is 3. The van der Waals surface area contributed by atoms with E-state index in [-0.39, 0.29) is 5.91 Å². The molecule has 0 aliphatic rings. The van der Waals surface area contributed by atoms with Gasteiger partial charge in [0, 0.05) is 18.3 Å². The molecule has 6 heteroatoms. The molecule has 0 radical (unpaired) electrons. The quantitative estimate of drug-likeness (QED) is 0.498. The van der Waals surface area contributed by atoms with Crippen LogP contribution in [0.15, 0.2) is 29.3 Å². The third-order valence-electron chi connectivity index (χ3n) is 3.80. The second-order valence-electron chi connectivity index (χ2n) is 6.86. The Morgan fingerprint density at radius 1 is 1.24 bits per heavy atom. The first-order chi connectivity index (χ1) is 11.8. The minimum Gasteiger partial charge on any atom is -0.357 e. The molecule has 3 N–H and O–H groups in total. The van der Waals surface area contributed by atoms with E-state index < -0.39 is 0 Å². The van der Waals surface area contributed by atoms with Crippen molar-refractivity contribution in [3.63, 3.8) is 0 Å². The van der Waals surface area contributed by atoms with Crippen LogP contribution in [0.2, 0.25) is 0 Å². The number of aliphatic imine (C=N–C) groups is 1. The van der Waals surface area contributed by atoms with Gasteiger partial charge in [-0.15, -0.1) is 0 Å². The van der Waals surface area contributed by atoms with Crippen LogP contribution in [0.5, 0.6) is 0 Å². The minimum absolute atomic E-state index is 0.0218. The fourth-order valence-electron chi connectivity index (χ4n) is 2.11. The van der Waals surface area contributed by atoms with E-state index in [9.17, 15) is 4.79 Å². The van der Waals surface area contributed by atoms with Crippen LogP contribution in [0.25, 0.3) is 0 Å². The van der Waals surface area contributed by atoms with Crippen molar-refractivity contribution in [3.05, 3.63) is 29.8 Å². The Morgan fingerprint density at radius 3 is 2.56 bits per heavy atom. The lowest BCUT2D eigenvalue weighted by Gasteiger charge is -2.20. The maximum atomic E-state index is 11.9. The summed E-state index contributed by atoms with van der Waals surface area (Å²) in [5.41, 5.74) is 1.85. The Bertz CT molecular complexity index is 569. The summed E-state index contributed by atoms with van der Waals surface area (Å²) in [6.07, 6.45) is 0. The molecule has 1 aromatic rings. The molecule has 0 aliphatic carbocycles. The highest BCUT2D eigenvalue weighted by Gasteiger charge is 2.09. The van der Waals surface area contributed by atoms with Gasteiger partial charge in [0.05, 0.1) is 13.1 Å². The maximum Gasteiger partial charge on any atom is 0.238 e. The van der Waals surface area contributed by atoms with Crippen LogP contribution in [0.3, 0.4) is 0 Å². The van der Waals surface area contributed by atoms with Crippen molar-refractivity contribution in [2.45, 2.75) is 40.3 Å². The highest BCUT2D eigenvalue weighted by atomic mass is 16.2. The molecule has 0 aliphatic heterocycles. The molecule has 0 saturated carbocycles. The molecule has 1 amide bonds. The Labute approximate surface area is 152 Å². The molecule has 0 fully saturated rings. The summed E-state index contributed by atoms with van der Waals surface area (Å²) >= 11 is 0. The van der Waals surface area contributed by atoms with E-state index in [0.717, 1.165) is 23.8 Å². The highest BCUT2D eigenvalue weighted by Crippen LogP contribution is 2.11. The predicted octanol–water partition coefficient (Wildman–Crippen LogP) is 2.29. The molecule has 1 unspecified atom stereocenters. The van der Waals surface area contributed by atoms with Crippen LogP contribution < -0.4 is 16.0 Å². The smallest absolute Gasteiger partial charge is 0.238 e. The third kappa shape index (κ3) is 8.54. The van der Waals surface area contributed by atoms with E-state index >= 15 is 0 Å². The van der Waals surface area contributed by atoms with Crippen molar-refractivity contribution in [1.29, 1.82) is 0 Å². The lowest BCUT2D eigenvalue weighted by atomic mass is 10.1. The highest BCUT2D eigenvalue weighted by molar-refractivity contribution is 5.92. The molecule has 140 valence electrons. The van der Waals surface area contributed by atoms with Gasteiger partial charge in [-0.25, -0.2) is 4.99 Å². The van der Waals surface area contributed by atoms with Gasteiger partial charge in [-0.2, -0.15) is 0 Å². The standard InChI is InChI=1S/C19H33N5O/c1-7-20-19(22-15(4)14(2)3)21-12-16-9-8-10-17(11-16)23-18(25)13-24(5)6/h8-11,14-15H,7,12-13H2,1-6H3,(H,23,25)(H2,20,21,22). The largest absolute Gasteiger partial charge is 0.357 e. The second-order valence-corrected chi connectivity index (χ2v) is 6.86. The number of likely N-dealkylation sites (N-methyl/N-ethyl adjacent to an activating group) is 1. The molecule has 1 aromatic carbocycles. The van der Waals surface area contributed by atoms with Gasteiger partial charge < -0.3 is 20.9 Å². The molecule has 0 spiro atoms. The van der Waals surface area contributed by atoms with E-state index in [2.05, 4.69) is 48.6 Å². The normalized spacial score (nSPS) is 13.0. The fourth-order valence-corrected chi connectivity index (χ4v) is 2.11. The van der Waals surface area contributed by atoms with Crippen LogP contribution in [-0.4, -0.2) is 50.0 Å². The molecule has 0 heterocycles. The number of nitrogens with one attached hydrogen (secondary N) is 3. The molecule has 1 atom stereocenters. The molecular formula is C19H33N5O. The van der Waals surface area contributed by atoms with Crippen LogP contribution >= 0.6 is 0 Å². The monoisotopic (exact) mass is 347 g/mol. The average Bonchev–Trinajstić information content (AvgIpc) is 2.52. The number of carbonyl (C=O) groups is 1. The van der Waals surface area contributed by atoms with Crippen molar-refractivity contribution >= 4 is 17.6 Å². The van der Waals surface area contributed by atoms with E-state index in [1.54, 1.807) is 0 Å². The second kappa shape index (κ2) is 10.7. The lowest BCUT2D eigenvalue weighted by molar-refractivity contribution is -0.116. The van der Waals surface area contributed by atoms with Crippen molar-refractivity contribution in [1.82, 2.24) is 15.5 Å². The van der Waals surface area contributed by atoms with Gasteiger partial charge >= 0.3 is 0 Å². The summed E-state index contributed by atoms with van der Waals surface area (Å²) in [6, 6.07) is 8.15. The van der Waals surface area contributed by atoms with Crippen LogP contribution in [-0.2, 0) is 11.3 Å². The number of anilines is 1. The first kappa shape index (κ1) is 21.0. The molecule has 6 nitrogen and oxygen atoms in total. The lowest BCUT2D eigenvalue weighted by Crippen LogP contribution is -2.44. The number of guanidine groups is 1. The van der Waals surface area contributed by atoms with Gasteiger partial charge in [-0.3, -0.25) is 4.79 Å². The Hall–Kier alpha value is -2.08. The SMILES string of the molecule is CCNC(=NCc1cccc(NC(=O)CN(C)C)c1)NC(C)C(C)C. The first-order valence-corrected chi connectivity index (χ1v) is 8.90. The number of nitrogens with zero attached hydrogens (tertiary/aromatic N) is 2. The van der Waals surface area contributed by atoms with Crippen molar-refractivity contribution in [3.8, 4) is 0 Å². The third-order valence-corrected chi connectivity index (χ3v) is 3.80. The van der Waals surface area contributed by atoms with Gasteiger partial charge in [0.2, 0.25) is 5.91 Å². The van der Waals surface area contributed by atoms with E-state index in [4.69, 9.17) is 0 Å². The van der Waals surface area contributed by atoms with Crippen molar-refractivity contribution in [2.75, 3.05) is 32.5 Å².